The molecule has 2 aromatic rings. The van der Waals surface area contributed by atoms with Gasteiger partial charge < -0.3 is 15.4 Å². The van der Waals surface area contributed by atoms with Crippen LogP contribution in [-0.4, -0.2) is 41.4 Å². The van der Waals surface area contributed by atoms with Crippen molar-refractivity contribution < 1.29 is 19.1 Å². The first-order chi connectivity index (χ1) is 13.2. The fourth-order valence-electron chi connectivity index (χ4n) is 3.03. The molecule has 0 bridgehead atoms. The highest BCUT2D eigenvalue weighted by Crippen LogP contribution is 2.31. The van der Waals surface area contributed by atoms with Crippen LogP contribution in [0.1, 0.15) is 18.1 Å². The summed E-state index contributed by atoms with van der Waals surface area (Å²) in [4.78, 5) is 42.4. The number of hydrogen-bond donors (Lipinski definition) is 2. The van der Waals surface area contributed by atoms with Gasteiger partial charge in [0.05, 0.1) is 7.11 Å². The first-order valence-electron chi connectivity index (χ1n) is 8.46. The molecule has 0 saturated carbocycles. The Kier molecular flexibility index (Phi) is 5.24. The van der Waals surface area contributed by atoms with E-state index >= 15 is 0 Å². The second-order valence-corrected chi connectivity index (χ2v) is 6.91. The number of methoxy groups -OCH3 is 1. The molecule has 1 saturated heterocycles. The zero-order chi connectivity index (χ0) is 20.5. The molecule has 9 heteroatoms. The number of carbonyl (C=O) groups is 3. The molecular formula is C19H19ClN4O4. The Labute approximate surface area is 166 Å². The Morgan fingerprint density at radius 2 is 2.07 bits per heavy atom. The molecule has 1 aromatic carbocycles. The fourth-order valence-corrected chi connectivity index (χ4v) is 3.19. The Bertz CT molecular complexity index is 965. The number of anilines is 1. The highest BCUT2D eigenvalue weighted by Gasteiger charge is 2.49. The summed E-state index contributed by atoms with van der Waals surface area (Å²) in [5.41, 5.74) is 0.151. The highest BCUT2D eigenvalue weighted by molar-refractivity contribution is 6.29. The van der Waals surface area contributed by atoms with Crippen molar-refractivity contribution in [3.8, 4) is 5.75 Å². The van der Waals surface area contributed by atoms with Gasteiger partial charge in [0.2, 0.25) is 5.91 Å². The van der Waals surface area contributed by atoms with Gasteiger partial charge in [0.1, 0.15) is 28.8 Å². The van der Waals surface area contributed by atoms with Crippen molar-refractivity contribution in [1.29, 1.82) is 0 Å². The molecule has 1 atom stereocenters. The van der Waals surface area contributed by atoms with Gasteiger partial charge in [0.15, 0.2) is 0 Å². The highest BCUT2D eigenvalue weighted by atomic mass is 35.5. The van der Waals surface area contributed by atoms with Gasteiger partial charge in [-0.2, -0.15) is 0 Å². The first kappa shape index (κ1) is 19.6. The number of nitrogens with zero attached hydrogens (tertiary/aromatic N) is 2. The first-order valence-corrected chi connectivity index (χ1v) is 8.84. The van der Waals surface area contributed by atoms with Crippen molar-refractivity contribution in [1.82, 2.24) is 15.2 Å². The number of amides is 4. The summed E-state index contributed by atoms with van der Waals surface area (Å²) in [6, 6.07) is 9.32. The molecule has 4 amide bonds. The van der Waals surface area contributed by atoms with E-state index in [-0.39, 0.29) is 11.0 Å². The zero-order valence-corrected chi connectivity index (χ0v) is 16.3. The Hall–Kier alpha value is -3.13. The quantitative estimate of drug-likeness (QED) is 0.591. The van der Waals surface area contributed by atoms with Crippen LogP contribution in [0.15, 0.2) is 36.4 Å². The molecule has 3 rings (SSSR count). The van der Waals surface area contributed by atoms with E-state index in [1.165, 1.54) is 0 Å². The molecular weight excluding hydrogens is 384 g/mol. The molecule has 0 spiro atoms. The molecule has 0 radical (unpaired) electrons. The van der Waals surface area contributed by atoms with E-state index in [1.54, 1.807) is 50.4 Å². The molecule has 1 unspecified atom stereocenters. The minimum absolute atomic E-state index is 0.218. The van der Waals surface area contributed by atoms with Gasteiger partial charge in [-0.1, -0.05) is 23.7 Å². The number of halogens is 1. The maximum Gasteiger partial charge on any atom is 0.325 e. The van der Waals surface area contributed by atoms with Crippen LogP contribution in [0, 0.1) is 6.92 Å². The lowest BCUT2D eigenvalue weighted by molar-refractivity contribution is -0.133. The number of imide groups is 1. The number of carbonyl (C=O) groups excluding carboxylic acids is 3. The van der Waals surface area contributed by atoms with E-state index in [9.17, 15) is 14.4 Å². The SMILES string of the molecule is COc1ccc(C2(C)NC(=O)N(CC(=O)Nc3cccc(Cl)n3)C2=O)cc1C. The minimum Gasteiger partial charge on any atom is -0.496 e. The van der Waals surface area contributed by atoms with Crippen LogP contribution >= 0.6 is 11.6 Å². The van der Waals surface area contributed by atoms with E-state index in [2.05, 4.69) is 15.6 Å². The van der Waals surface area contributed by atoms with Gasteiger partial charge >= 0.3 is 6.03 Å². The number of ether oxygens (including phenoxy) is 1. The number of aromatic nitrogens is 1. The smallest absolute Gasteiger partial charge is 0.325 e. The summed E-state index contributed by atoms with van der Waals surface area (Å²) in [6.07, 6.45) is 0. The molecule has 28 heavy (non-hydrogen) atoms. The maximum absolute atomic E-state index is 12.9. The number of pyridine rings is 1. The lowest BCUT2D eigenvalue weighted by Crippen LogP contribution is -2.42. The van der Waals surface area contributed by atoms with Crippen LogP contribution in [0.4, 0.5) is 10.6 Å². The Morgan fingerprint density at radius 3 is 2.71 bits per heavy atom. The Balaban J connectivity index is 1.77. The van der Waals surface area contributed by atoms with Gasteiger partial charge in [-0.3, -0.25) is 14.5 Å². The lowest BCUT2D eigenvalue weighted by atomic mass is 9.90. The van der Waals surface area contributed by atoms with E-state index < -0.39 is 29.9 Å². The van der Waals surface area contributed by atoms with E-state index in [0.717, 1.165) is 10.5 Å². The van der Waals surface area contributed by atoms with E-state index in [0.29, 0.717) is 11.3 Å². The number of urea groups is 1. The Morgan fingerprint density at radius 1 is 1.32 bits per heavy atom. The summed E-state index contributed by atoms with van der Waals surface area (Å²) < 4.78 is 5.23. The van der Waals surface area contributed by atoms with Gasteiger partial charge in [-0.25, -0.2) is 9.78 Å². The van der Waals surface area contributed by atoms with E-state index in [4.69, 9.17) is 16.3 Å². The van der Waals surface area contributed by atoms with Crippen molar-refractivity contribution >= 4 is 35.3 Å². The van der Waals surface area contributed by atoms with Gasteiger partial charge in [-0.15, -0.1) is 0 Å². The molecule has 1 aliphatic heterocycles. The third kappa shape index (κ3) is 3.63. The van der Waals surface area contributed by atoms with Crippen LogP contribution in [-0.2, 0) is 15.1 Å². The molecule has 1 aromatic heterocycles. The fraction of sp³-hybridized carbons (Fsp3) is 0.263. The standard InChI is InChI=1S/C19H19ClN4O4/c1-11-9-12(7-8-13(11)28-3)19(2)17(26)24(18(27)23-19)10-16(25)22-15-6-4-5-14(20)21-15/h4-9H,10H2,1-3H3,(H,23,27)(H,21,22,25). The zero-order valence-electron chi connectivity index (χ0n) is 15.6. The van der Waals surface area contributed by atoms with Crippen LogP contribution in [0.5, 0.6) is 5.75 Å². The molecule has 0 aliphatic carbocycles. The van der Waals surface area contributed by atoms with Crippen LogP contribution < -0.4 is 15.4 Å². The van der Waals surface area contributed by atoms with Crippen LogP contribution in [0.3, 0.4) is 0 Å². The summed E-state index contributed by atoms with van der Waals surface area (Å²) in [5, 5.41) is 5.40. The second-order valence-electron chi connectivity index (χ2n) is 6.52. The largest absolute Gasteiger partial charge is 0.496 e. The predicted molar refractivity (Wildman–Crippen MR) is 103 cm³/mol. The number of nitrogens with one attached hydrogen (secondary N) is 2. The molecule has 8 nitrogen and oxygen atoms in total. The summed E-state index contributed by atoms with van der Waals surface area (Å²) >= 11 is 5.78. The molecule has 1 fully saturated rings. The van der Waals surface area contributed by atoms with Crippen molar-refractivity contribution in [2.45, 2.75) is 19.4 Å². The average molecular weight is 403 g/mol. The lowest BCUT2D eigenvalue weighted by Gasteiger charge is -2.23. The van der Waals surface area contributed by atoms with Crippen molar-refractivity contribution in [3.05, 3.63) is 52.7 Å². The van der Waals surface area contributed by atoms with Gasteiger partial charge in [0, 0.05) is 0 Å². The van der Waals surface area contributed by atoms with E-state index in [1.807, 2.05) is 6.92 Å². The number of rotatable bonds is 5. The second kappa shape index (κ2) is 7.47. The van der Waals surface area contributed by atoms with Gasteiger partial charge in [0.25, 0.3) is 5.91 Å². The third-order valence-corrected chi connectivity index (χ3v) is 4.74. The third-order valence-electron chi connectivity index (χ3n) is 4.53. The predicted octanol–water partition coefficient (Wildman–Crippen LogP) is 2.46. The number of aryl methyl sites for hydroxylation is 1. The van der Waals surface area contributed by atoms with Crippen LogP contribution in [0.2, 0.25) is 5.15 Å². The summed E-state index contributed by atoms with van der Waals surface area (Å²) in [6.45, 7) is 3.00. The number of benzene rings is 1. The minimum atomic E-state index is -1.28. The summed E-state index contributed by atoms with van der Waals surface area (Å²) in [5.74, 6) is -0.169. The van der Waals surface area contributed by atoms with Crippen LogP contribution in [0.25, 0.3) is 0 Å². The van der Waals surface area contributed by atoms with Crippen molar-refractivity contribution in [2.24, 2.45) is 0 Å². The molecule has 1 aliphatic rings. The van der Waals surface area contributed by atoms with Gasteiger partial charge in [-0.05, 0) is 49.2 Å². The molecule has 2 N–H and O–H groups in total. The normalized spacial score (nSPS) is 18.8. The van der Waals surface area contributed by atoms with Crippen molar-refractivity contribution in [2.75, 3.05) is 19.0 Å². The van der Waals surface area contributed by atoms with Crippen molar-refractivity contribution in [3.63, 3.8) is 0 Å². The molecule has 146 valence electrons. The maximum atomic E-state index is 12.9. The molecule has 2 heterocycles. The topological polar surface area (TPSA) is 101 Å². The summed E-state index contributed by atoms with van der Waals surface area (Å²) in [7, 11) is 1.56. The number of hydrogen-bond acceptors (Lipinski definition) is 5. The average Bonchev–Trinajstić information content (AvgIpc) is 2.85. The monoisotopic (exact) mass is 402 g/mol.